The molecule has 1 N–H and O–H groups in total. The summed E-state index contributed by atoms with van der Waals surface area (Å²) in [6.45, 7) is 2.06. The van der Waals surface area contributed by atoms with Gasteiger partial charge in [-0.05, 0) is 43.7 Å². The third-order valence-electron chi connectivity index (χ3n) is 4.44. The highest BCUT2D eigenvalue weighted by Gasteiger charge is 2.31. The van der Waals surface area contributed by atoms with Crippen molar-refractivity contribution in [2.24, 2.45) is 5.92 Å². The second-order valence-electron chi connectivity index (χ2n) is 5.57. The van der Waals surface area contributed by atoms with Crippen molar-refractivity contribution in [3.8, 4) is 0 Å². The summed E-state index contributed by atoms with van der Waals surface area (Å²) in [5.41, 5.74) is 3.17. The molecular formula is C15H20FN. The van der Waals surface area contributed by atoms with E-state index in [1.54, 1.807) is 6.07 Å². The van der Waals surface area contributed by atoms with Crippen LogP contribution in [0.4, 0.5) is 10.1 Å². The molecule has 3 rings (SSSR count). The summed E-state index contributed by atoms with van der Waals surface area (Å²) >= 11 is 0. The molecular weight excluding hydrogens is 213 g/mol. The third kappa shape index (κ3) is 1.94. The summed E-state index contributed by atoms with van der Waals surface area (Å²) in [6, 6.07) is 3.96. The van der Waals surface area contributed by atoms with E-state index in [4.69, 9.17) is 0 Å². The van der Waals surface area contributed by atoms with Crippen LogP contribution in [0.5, 0.6) is 0 Å². The number of nitrogens with one attached hydrogen (secondary N) is 1. The maximum Gasteiger partial charge on any atom is 0.128 e. The van der Waals surface area contributed by atoms with E-state index in [1.165, 1.54) is 37.7 Å². The van der Waals surface area contributed by atoms with Gasteiger partial charge in [-0.2, -0.15) is 0 Å². The molecule has 1 fully saturated rings. The van der Waals surface area contributed by atoms with Crippen molar-refractivity contribution in [3.05, 3.63) is 29.1 Å². The van der Waals surface area contributed by atoms with Crippen LogP contribution in [-0.2, 0) is 6.42 Å². The molecule has 0 spiro atoms. The van der Waals surface area contributed by atoms with Gasteiger partial charge in [-0.25, -0.2) is 4.39 Å². The van der Waals surface area contributed by atoms with Crippen molar-refractivity contribution in [3.63, 3.8) is 0 Å². The van der Waals surface area contributed by atoms with Gasteiger partial charge in [-0.3, -0.25) is 0 Å². The standard InChI is InChI=1S/C15H20FN/c1-10-7-8-13(16)12-9-14(17-15(10)12)11-5-3-2-4-6-11/h7-8,11,14,17H,2-6,9H2,1H3. The molecule has 0 bridgehead atoms. The molecule has 1 aromatic rings. The normalized spacial score (nSPS) is 24.5. The Morgan fingerprint density at radius 3 is 2.65 bits per heavy atom. The summed E-state index contributed by atoms with van der Waals surface area (Å²) in [4.78, 5) is 0. The second-order valence-corrected chi connectivity index (χ2v) is 5.57. The van der Waals surface area contributed by atoms with Crippen molar-refractivity contribution in [1.82, 2.24) is 0 Å². The average molecular weight is 233 g/mol. The first kappa shape index (κ1) is 11.1. The van der Waals surface area contributed by atoms with Crippen LogP contribution in [0.1, 0.15) is 43.2 Å². The molecule has 0 saturated heterocycles. The maximum atomic E-state index is 13.8. The van der Waals surface area contributed by atoms with E-state index in [9.17, 15) is 4.39 Å². The zero-order valence-corrected chi connectivity index (χ0v) is 10.4. The minimum atomic E-state index is -0.0311. The zero-order chi connectivity index (χ0) is 11.8. The Bertz CT molecular complexity index is 390. The number of hydrogen-bond donors (Lipinski definition) is 1. The van der Waals surface area contributed by atoms with Gasteiger partial charge >= 0.3 is 0 Å². The van der Waals surface area contributed by atoms with Gasteiger partial charge in [0.2, 0.25) is 0 Å². The molecule has 1 heterocycles. The maximum absolute atomic E-state index is 13.8. The topological polar surface area (TPSA) is 12.0 Å². The Hall–Kier alpha value is -1.05. The van der Waals surface area contributed by atoms with Gasteiger partial charge in [0.1, 0.15) is 5.82 Å². The lowest BCUT2D eigenvalue weighted by Crippen LogP contribution is -2.28. The minimum absolute atomic E-state index is 0.0311. The number of rotatable bonds is 1. The van der Waals surface area contributed by atoms with Gasteiger partial charge < -0.3 is 5.32 Å². The fourth-order valence-electron chi connectivity index (χ4n) is 3.42. The van der Waals surface area contributed by atoms with Crippen molar-refractivity contribution in [1.29, 1.82) is 0 Å². The molecule has 1 saturated carbocycles. The van der Waals surface area contributed by atoms with Crippen molar-refractivity contribution >= 4 is 5.69 Å². The first-order chi connectivity index (χ1) is 8.25. The van der Waals surface area contributed by atoms with Gasteiger partial charge in [-0.1, -0.05) is 25.3 Å². The van der Waals surface area contributed by atoms with E-state index in [1.807, 2.05) is 6.07 Å². The van der Waals surface area contributed by atoms with Crippen molar-refractivity contribution in [2.75, 3.05) is 5.32 Å². The number of benzene rings is 1. The molecule has 1 aliphatic carbocycles. The summed E-state index contributed by atoms with van der Waals surface area (Å²) in [5.74, 6) is 0.714. The predicted octanol–water partition coefficient (Wildman–Crippen LogP) is 4.05. The Labute approximate surface area is 102 Å². The number of hydrogen-bond acceptors (Lipinski definition) is 1. The number of fused-ring (bicyclic) bond motifs is 1. The van der Waals surface area contributed by atoms with Crippen LogP contribution >= 0.6 is 0 Å². The largest absolute Gasteiger partial charge is 0.381 e. The van der Waals surface area contributed by atoms with Crippen LogP contribution < -0.4 is 5.32 Å². The first-order valence-electron chi connectivity index (χ1n) is 6.80. The summed E-state index contributed by atoms with van der Waals surface area (Å²) in [7, 11) is 0. The monoisotopic (exact) mass is 233 g/mol. The second kappa shape index (κ2) is 4.32. The van der Waals surface area contributed by atoms with Gasteiger partial charge in [0.25, 0.3) is 0 Å². The molecule has 0 amide bonds. The molecule has 1 aromatic carbocycles. The van der Waals surface area contributed by atoms with Gasteiger partial charge in [0, 0.05) is 17.3 Å². The van der Waals surface area contributed by atoms with Crippen LogP contribution in [0.2, 0.25) is 0 Å². The van der Waals surface area contributed by atoms with E-state index in [0.717, 1.165) is 23.6 Å². The molecule has 1 aliphatic heterocycles. The lowest BCUT2D eigenvalue weighted by Gasteiger charge is -2.27. The molecule has 1 nitrogen and oxygen atoms in total. The molecule has 2 aliphatic rings. The molecule has 2 heteroatoms. The molecule has 92 valence electrons. The van der Waals surface area contributed by atoms with Gasteiger partial charge in [0.15, 0.2) is 0 Å². The number of anilines is 1. The summed E-state index contributed by atoms with van der Waals surface area (Å²) < 4.78 is 13.8. The van der Waals surface area contributed by atoms with Crippen LogP contribution in [0.15, 0.2) is 12.1 Å². The Morgan fingerprint density at radius 2 is 1.94 bits per heavy atom. The Morgan fingerprint density at radius 1 is 1.18 bits per heavy atom. The molecule has 17 heavy (non-hydrogen) atoms. The van der Waals surface area contributed by atoms with Crippen molar-refractivity contribution < 1.29 is 4.39 Å². The van der Waals surface area contributed by atoms with Gasteiger partial charge in [0.05, 0.1) is 0 Å². The van der Waals surface area contributed by atoms with Crippen LogP contribution in [0.3, 0.4) is 0 Å². The highest BCUT2D eigenvalue weighted by molar-refractivity contribution is 5.62. The fourth-order valence-corrected chi connectivity index (χ4v) is 3.42. The van der Waals surface area contributed by atoms with E-state index < -0.39 is 0 Å². The summed E-state index contributed by atoms with van der Waals surface area (Å²) in [6.07, 6.45) is 7.58. The number of aryl methyl sites for hydroxylation is 1. The van der Waals surface area contributed by atoms with E-state index in [-0.39, 0.29) is 5.82 Å². The first-order valence-corrected chi connectivity index (χ1v) is 6.80. The lowest BCUT2D eigenvalue weighted by molar-refractivity contribution is 0.320. The Balaban J connectivity index is 1.82. The average Bonchev–Trinajstić information content (AvgIpc) is 2.81. The van der Waals surface area contributed by atoms with Crippen LogP contribution in [0, 0.1) is 18.7 Å². The van der Waals surface area contributed by atoms with Crippen LogP contribution in [0.25, 0.3) is 0 Å². The quantitative estimate of drug-likeness (QED) is 0.771. The lowest BCUT2D eigenvalue weighted by atomic mass is 9.83. The van der Waals surface area contributed by atoms with Gasteiger partial charge in [-0.15, -0.1) is 0 Å². The van der Waals surface area contributed by atoms with Crippen LogP contribution in [-0.4, -0.2) is 6.04 Å². The van der Waals surface area contributed by atoms with E-state index in [0.29, 0.717) is 6.04 Å². The molecule has 0 radical (unpaired) electrons. The van der Waals surface area contributed by atoms with Crippen molar-refractivity contribution in [2.45, 2.75) is 51.5 Å². The smallest absolute Gasteiger partial charge is 0.128 e. The zero-order valence-electron chi connectivity index (χ0n) is 10.4. The number of halogens is 1. The highest BCUT2D eigenvalue weighted by atomic mass is 19.1. The SMILES string of the molecule is Cc1ccc(F)c2c1NC(C1CCCCC1)C2. The predicted molar refractivity (Wildman–Crippen MR) is 68.8 cm³/mol. The fraction of sp³-hybridized carbons (Fsp3) is 0.600. The molecule has 1 atom stereocenters. The molecule has 0 aromatic heterocycles. The highest BCUT2D eigenvalue weighted by Crippen LogP contribution is 2.37. The van der Waals surface area contributed by atoms with E-state index >= 15 is 0 Å². The molecule has 1 unspecified atom stereocenters. The Kier molecular flexibility index (Phi) is 2.81. The summed E-state index contributed by atoms with van der Waals surface area (Å²) in [5, 5.41) is 3.57. The third-order valence-corrected chi connectivity index (χ3v) is 4.44. The van der Waals surface area contributed by atoms with E-state index in [2.05, 4.69) is 12.2 Å². The minimum Gasteiger partial charge on any atom is -0.381 e.